The van der Waals surface area contributed by atoms with Crippen LogP contribution >= 0.6 is 11.6 Å². The molecular weight excluding hydrogens is 403 g/mol. The average molecular weight is 416 g/mol. The molecule has 2 N–H and O–H groups in total. The van der Waals surface area contributed by atoms with Gasteiger partial charge < -0.3 is 0 Å². The van der Waals surface area contributed by atoms with E-state index in [9.17, 15) is 21.6 Å². The van der Waals surface area contributed by atoms with Gasteiger partial charge in [-0.05, 0) is 48.9 Å². The van der Waals surface area contributed by atoms with Crippen molar-refractivity contribution < 1.29 is 21.6 Å². The molecule has 3 rings (SSSR count). The van der Waals surface area contributed by atoms with Gasteiger partial charge in [0.25, 0.3) is 0 Å². The fourth-order valence-electron chi connectivity index (χ4n) is 2.51. The molecule has 3 aromatic rings. The second kappa shape index (κ2) is 6.66. The maximum Gasteiger partial charge on any atom is 0.435 e. The maximum absolute atomic E-state index is 13.2. The van der Waals surface area contributed by atoms with Crippen LogP contribution in [0, 0.1) is 6.92 Å². The zero-order valence-corrected chi connectivity index (χ0v) is 15.4. The zero-order valence-electron chi connectivity index (χ0n) is 13.8. The number of primary sulfonamides is 1. The van der Waals surface area contributed by atoms with Crippen LogP contribution in [0.1, 0.15) is 11.3 Å². The third-order valence-electron chi connectivity index (χ3n) is 3.81. The Labute approximate surface area is 158 Å². The molecule has 0 fully saturated rings. The average Bonchev–Trinajstić information content (AvgIpc) is 2.99. The van der Waals surface area contributed by atoms with E-state index < -0.39 is 21.9 Å². The minimum atomic E-state index is -4.66. The molecule has 0 saturated carbocycles. The van der Waals surface area contributed by atoms with Gasteiger partial charge in [-0.25, -0.2) is 18.2 Å². The molecule has 1 heterocycles. The molecule has 0 atom stereocenters. The van der Waals surface area contributed by atoms with E-state index in [1.165, 1.54) is 24.3 Å². The van der Waals surface area contributed by atoms with Crippen LogP contribution in [0.15, 0.2) is 53.4 Å². The minimum Gasteiger partial charge on any atom is -0.232 e. The summed E-state index contributed by atoms with van der Waals surface area (Å²) in [4.78, 5) is -0.163. The fourth-order valence-corrected chi connectivity index (χ4v) is 3.36. The first-order valence-corrected chi connectivity index (χ1v) is 9.46. The van der Waals surface area contributed by atoms with E-state index in [0.717, 1.165) is 16.3 Å². The normalized spacial score (nSPS) is 12.4. The SMILES string of the molecule is Cc1ccc(-c2cc(C(F)(F)F)nn2-c2ccc(S(N)(=O)=O)cc2)c(Cl)c1. The lowest BCUT2D eigenvalue weighted by molar-refractivity contribution is -0.141. The van der Waals surface area contributed by atoms with Crippen LogP contribution in [0.5, 0.6) is 0 Å². The highest BCUT2D eigenvalue weighted by Crippen LogP contribution is 2.36. The summed E-state index contributed by atoms with van der Waals surface area (Å²) in [5.41, 5.74) is 0.467. The van der Waals surface area contributed by atoms with Gasteiger partial charge in [-0.15, -0.1) is 0 Å². The van der Waals surface area contributed by atoms with Crippen molar-refractivity contribution in [3.05, 3.63) is 64.8 Å². The zero-order chi connectivity index (χ0) is 20.0. The Hall–Kier alpha value is -2.36. The molecule has 27 heavy (non-hydrogen) atoms. The molecule has 0 aliphatic heterocycles. The van der Waals surface area contributed by atoms with E-state index in [4.69, 9.17) is 16.7 Å². The van der Waals surface area contributed by atoms with Crippen molar-refractivity contribution >= 4 is 21.6 Å². The smallest absolute Gasteiger partial charge is 0.232 e. The summed E-state index contributed by atoms with van der Waals surface area (Å²) in [5, 5.41) is 8.95. The molecule has 0 aliphatic carbocycles. The summed E-state index contributed by atoms with van der Waals surface area (Å²) in [6, 6.07) is 10.9. The van der Waals surface area contributed by atoms with Crippen LogP contribution in [0.3, 0.4) is 0 Å². The van der Waals surface area contributed by atoms with E-state index in [1.807, 2.05) is 0 Å². The highest BCUT2D eigenvalue weighted by Gasteiger charge is 2.35. The van der Waals surface area contributed by atoms with Crippen molar-refractivity contribution in [1.29, 1.82) is 0 Å². The molecule has 0 spiro atoms. The number of aromatic nitrogens is 2. The number of halogens is 4. The molecule has 142 valence electrons. The summed E-state index contributed by atoms with van der Waals surface area (Å²) < 4.78 is 63.4. The molecule has 0 aliphatic rings. The number of alkyl halides is 3. The fraction of sp³-hybridized carbons (Fsp3) is 0.118. The number of hydrogen-bond donors (Lipinski definition) is 1. The monoisotopic (exact) mass is 415 g/mol. The lowest BCUT2D eigenvalue weighted by Crippen LogP contribution is -2.12. The predicted molar refractivity (Wildman–Crippen MR) is 95.1 cm³/mol. The Morgan fingerprint density at radius 1 is 1.07 bits per heavy atom. The second-order valence-electron chi connectivity index (χ2n) is 5.85. The molecule has 0 radical (unpaired) electrons. The van der Waals surface area contributed by atoms with E-state index in [-0.39, 0.29) is 21.3 Å². The highest BCUT2D eigenvalue weighted by atomic mass is 35.5. The van der Waals surface area contributed by atoms with Crippen molar-refractivity contribution in [2.24, 2.45) is 5.14 Å². The number of nitrogens with zero attached hydrogens (tertiary/aromatic N) is 2. The molecule has 0 saturated heterocycles. The van der Waals surface area contributed by atoms with Gasteiger partial charge in [-0.2, -0.15) is 18.3 Å². The summed E-state index contributed by atoms with van der Waals surface area (Å²) in [7, 11) is -3.92. The van der Waals surface area contributed by atoms with Gasteiger partial charge in [-0.1, -0.05) is 23.7 Å². The number of rotatable bonds is 3. The first-order chi connectivity index (χ1) is 12.5. The molecule has 10 heteroatoms. The van der Waals surface area contributed by atoms with Crippen molar-refractivity contribution in [3.8, 4) is 16.9 Å². The molecule has 0 amide bonds. The predicted octanol–water partition coefficient (Wildman–Crippen LogP) is 4.17. The number of benzene rings is 2. The largest absolute Gasteiger partial charge is 0.435 e. The number of nitrogens with two attached hydrogens (primary N) is 1. The summed E-state index contributed by atoms with van der Waals surface area (Å²) >= 11 is 6.21. The van der Waals surface area contributed by atoms with Gasteiger partial charge >= 0.3 is 6.18 Å². The number of hydrogen-bond acceptors (Lipinski definition) is 3. The van der Waals surface area contributed by atoms with Crippen LogP contribution in [-0.4, -0.2) is 18.2 Å². The van der Waals surface area contributed by atoms with Gasteiger partial charge in [0, 0.05) is 5.56 Å². The molecule has 0 unspecified atom stereocenters. The summed E-state index contributed by atoms with van der Waals surface area (Å²) in [5.74, 6) is 0. The van der Waals surface area contributed by atoms with Gasteiger partial charge in [0.05, 0.1) is 21.3 Å². The van der Waals surface area contributed by atoms with Crippen LogP contribution in [-0.2, 0) is 16.2 Å². The third-order valence-corrected chi connectivity index (χ3v) is 5.05. The molecule has 0 bridgehead atoms. The van der Waals surface area contributed by atoms with E-state index in [0.29, 0.717) is 5.56 Å². The lowest BCUT2D eigenvalue weighted by Gasteiger charge is -2.10. The Morgan fingerprint density at radius 2 is 1.70 bits per heavy atom. The summed E-state index contributed by atoms with van der Waals surface area (Å²) in [6.45, 7) is 1.81. The van der Waals surface area contributed by atoms with E-state index in [2.05, 4.69) is 5.10 Å². The molecule has 1 aromatic heterocycles. The second-order valence-corrected chi connectivity index (χ2v) is 7.82. The van der Waals surface area contributed by atoms with Crippen LogP contribution < -0.4 is 5.14 Å². The topological polar surface area (TPSA) is 78.0 Å². The molecule has 5 nitrogen and oxygen atoms in total. The van der Waals surface area contributed by atoms with Gasteiger partial charge in [0.1, 0.15) is 0 Å². The van der Waals surface area contributed by atoms with Crippen molar-refractivity contribution in [1.82, 2.24) is 9.78 Å². The van der Waals surface area contributed by atoms with Gasteiger partial charge in [0.15, 0.2) is 5.69 Å². The third kappa shape index (κ3) is 4.00. The Kier molecular flexibility index (Phi) is 4.79. The minimum absolute atomic E-state index is 0.121. The van der Waals surface area contributed by atoms with Crippen molar-refractivity contribution in [3.63, 3.8) is 0 Å². The number of sulfonamides is 1. The lowest BCUT2D eigenvalue weighted by atomic mass is 10.1. The quantitative estimate of drug-likeness (QED) is 0.697. The van der Waals surface area contributed by atoms with E-state index >= 15 is 0 Å². The first-order valence-electron chi connectivity index (χ1n) is 7.54. The van der Waals surface area contributed by atoms with Crippen molar-refractivity contribution in [2.45, 2.75) is 18.0 Å². The van der Waals surface area contributed by atoms with Crippen molar-refractivity contribution in [2.75, 3.05) is 0 Å². The molecular formula is C17H13ClF3N3O2S. The summed E-state index contributed by atoms with van der Waals surface area (Å²) in [6.07, 6.45) is -4.66. The maximum atomic E-state index is 13.2. The van der Waals surface area contributed by atoms with Gasteiger partial charge in [-0.3, -0.25) is 0 Å². The van der Waals surface area contributed by atoms with Gasteiger partial charge in [0.2, 0.25) is 10.0 Å². The van der Waals surface area contributed by atoms with Crippen LogP contribution in [0.4, 0.5) is 13.2 Å². The highest BCUT2D eigenvalue weighted by molar-refractivity contribution is 7.89. The Morgan fingerprint density at radius 3 is 2.22 bits per heavy atom. The Balaban J connectivity index is 2.21. The standard InChI is InChI=1S/C17H13ClF3N3O2S/c1-10-2-7-13(14(18)8-10)15-9-16(17(19,20)21)23-24(15)11-3-5-12(6-4-11)27(22,25)26/h2-9H,1H3,(H2,22,25,26). The van der Waals surface area contributed by atoms with E-state index in [1.54, 1.807) is 25.1 Å². The number of aryl methyl sites for hydroxylation is 1. The Bertz CT molecular complexity index is 1110. The molecule has 2 aromatic carbocycles. The first kappa shape index (κ1) is 19.4. The van der Waals surface area contributed by atoms with Crippen LogP contribution in [0.25, 0.3) is 16.9 Å². The van der Waals surface area contributed by atoms with Crippen LogP contribution in [0.2, 0.25) is 5.02 Å².